The Hall–Kier alpha value is -7.60. The SMILES string of the molecule is N#Cc1ccc2c(n1)[n-]c1ccccc12.[C-]#[N+]c1ccc2c(n1)[n-]c1ccccc12.[Pt+2].[Pt+2].[c-]1ccccc1-c1cccc2cccnc12.[c-]1ccccc1-c1cccc2cccnc12. The summed E-state index contributed by atoms with van der Waals surface area (Å²) in [5.41, 5.74) is 10.1. The van der Waals surface area contributed by atoms with Crippen LogP contribution in [0, 0.1) is 30.0 Å². The minimum atomic E-state index is 0. The molecule has 0 radical (unpaired) electrons. The second-order valence-corrected chi connectivity index (χ2v) is 13.9. The first kappa shape index (κ1) is 44.5. The van der Waals surface area contributed by atoms with Crippen LogP contribution in [-0.2, 0) is 42.1 Å². The van der Waals surface area contributed by atoms with Crippen molar-refractivity contribution in [2.75, 3.05) is 0 Å². The van der Waals surface area contributed by atoms with Gasteiger partial charge in [-0.15, -0.1) is 71.8 Å². The molecule has 10 heteroatoms. The topological polar surface area (TPSA) is 108 Å². The van der Waals surface area contributed by atoms with Gasteiger partial charge in [0.2, 0.25) is 0 Å². The molecule has 6 heterocycles. The van der Waals surface area contributed by atoms with E-state index in [9.17, 15) is 0 Å². The minimum absolute atomic E-state index is 0. The van der Waals surface area contributed by atoms with Gasteiger partial charge >= 0.3 is 42.1 Å². The molecule has 0 fully saturated rings. The van der Waals surface area contributed by atoms with Crippen LogP contribution in [0.4, 0.5) is 5.82 Å². The number of fused-ring (bicyclic) bond motifs is 8. The second-order valence-electron chi connectivity index (χ2n) is 13.9. The average molecular weight is 1180 g/mol. The van der Waals surface area contributed by atoms with Crippen molar-refractivity contribution >= 4 is 71.5 Å². The number of pyridine rings is 4. The van der Waals surface area contributed by atoms with E-state index >= 15 is 0 Å². The van der Waals surface area contributed by atoms with Gasteiger partial charge < -0.3 is 24.8 Å². The normalized spacial score (nSPS) is 10.2. The molecule has 0 aliphatic carbocycles. The monoisotopic (exact) mass is 1180 g/mol. The molecule has 0 aliphatic rings. The first-order chi connectivity index (χ1) is 30.7. The first-order valence-corrected chi connectivity index (χ1v) is 19.7. The van der Waals surface area contributed by atoms with E-state index in [2.05, 4.69) is 108 Å². The Bertz CT molecular complexity index is 3330. The third-order valence-corrected chi connectivity index (χ3v) is 10.1. The summed E-state index contributed by atoms with van der Waals surface area (Å²) < 4.78 is 0. The van der Waals surface area contributed by atoms with E-state index < -0.39 is 0 Å². The summed E-state index contributed by atoms with van der Waals surface area (Å²) in [5.74, 6) is 0.394. The Balaban J connectivity index is 0.000000126. The quantitative estimate of drug-likeness (QED) is 0.159. The van der Waals surface area contributed by atoms with Crippen molar-refractivity contribution in [2.24, 2.45) is 0 Å². The van der Waals surface area contributed by atoms with E-state index in [-0.39, 0.29) is 42.1 Å². The smallest absolute Gasteiger partial charge is 0.481 e. The maximum atomic E-state index is 8.73. The van der Waals surface area contributed by atoms with Crippen LogP contribution < -0.4 is 9.97 Å². The van der Waals surface area contributed by atoms with Crippen LogP contribution in [-0.4, -0.2) is 19.9 Å². The predicted molar refractivity (Wildman–Crippen MR) is 248 cm³/mol. The fraction of sp³-hybridized carbons (Fsp3) is 0. The minimum Gasteiger partial charge on any atom is -0.481 e. The number of aromatic nitrogens is 6. The summed E-state index contributed by atoms with van der Waals surface area (Å²) in [7, 11) is 0. The van der Waals surface area contributed by atoms with E-state index in [1.54, 1.807) is 12.1 Å². The fourth-order valence-corrected chi connectivity index (χ4v) is 7.19. The molecule has 6 aromatic heterocycles. The molecule has 8 nitrogen and oxygen atoms in total. The van der Waals surface area contributed by atoms with Gasteiger partial charge in [0.05, 0.1) is 11.9 Å². The molecule has 0 atom stereocenters. The average Bonchev–Trinajstić information content (AvgIpc) is 3.92. The van der Waals surface area contributed by atoms with E-state index in [4.69, 9.17) is 11.8 Å². The van der Waals surface area contributed by atoms with Crippen LogP contribution in [0.15, 0.2) is 194 Å². The molecular formula is C54H32N8Pt2. The van der Waals surface area contributed by atoms with Crippen molar-refractivity contribution in [3.05, 3.63) is 224 Å². The van der Waals surface area contributed by atoms with Gasteiger partial charge in [0.15, 0.2) is 0 Å². The Labute approximate surface area is 398 Å². The summed E-state index contributed by atoms with van der Waals surface area (Å²) >= 11 is 0. The van der Waals surface area contributed by atoms with Crippen molar-refractivity contribution < 1.29 is 42.1 Å². The Morgan fingerprint density at radius 1 is 0.484 bits per heavy atom. The molecule has 0 spiro atoms. The summed E-state index contributed by atoms with van der Waals surface area (Å²) in [4.78, 5) is 29.2. The van der Waals surface area contributed by atoms with Crippen LogP contribution >= 0.6 is 0 Å². The Morgan fingerprint density at radius 2 is 0.969 bits per heavy atom. The summed E-state index contributed by atoms with van der Waals surface area (Å²) in [6, 6.07) is 68.0. The maximum absolute atomic E-state index is 8.73. The molecule has 308 valence electrons. The largest absolute Gasteiger partial charge is 2.00 e. The fourth-order valence-electron chi connectivity index (χ4n) is 7.19. The third-order valence-electron chi connectivity index (χ3n) is 10.1. The standard InChI is InChI=1S/2C15H10N.2C12H6N3.2Pt/c2*1-2-6-12(7-3-1)14-10-4-8-13-9-5-11-16-15(13)14;1-13-11-7-6-9-8-4-2-3-5-10(8)14-12(9)15-11;13-7-8-5-6-10-9-3-1-2-4-11(9)15-12(10)14-8;;/h2*1-6,8-11H;2-7H;1-6H;;/q4*-1;2*+2. The van der Waals surface area contributed by atoms with Crippen molar-refractivity contribution in [3.63, 3.8) is 0 Å². The Kier molecular flexibility index (Phi) is 14.6. The maximum Gasteiger partial charge on any atom is 2.00 e. The molecule has 0 saturated carbocycles. The van der Waals surface area contributed by atoms with Gasteiger partial charge in [-0.2, -0.15) is 5.26 Å². The van der Waals surface area contributed by atoms with Crippen molar-refractivity contribution in [1.82, 2.24) is 29.9 Å². The number of hydrogen-bond donors (Lipinski definition) is 0. The zero-order chi connectivity index (χ0) is 42.1. The van der Waals surface area contributed by atoms with Gasteiger partial charge in [-0.25, -0.2) is 0 Å². The number of nitriles is 1. The summed E-state index contributed by atoms with van der Waals surface area (Å²) in [6.07, 6.45) is 3.66. The number of hydrogen-bond acceptors (Lipinski definition) is 5. The number of para-hydroxylation sites is 4. The van der Waals surface area contributed by atoms with Crippen LogP contribution in [0.5, 0.6) is 0 Å². The van der Waals surface area contributed by atoms with E-state index in [1.807, 2.05) is 128 Å². The van der Waals surface area contributed by atoms with Gasteiger partial charge in [-0.05, 0) is 67.2 Å². The molecule has 12 aromatic rings. The van der Waals surface area contributed by atoms with Gasteiger partial charge in [-0.3, -0.25) is 9.97 Å². The van der Waals surface area contributed by atoms with Gasteiger partial charge in [0, 0.05) is 29.1 Å². The molecule has 0 bridgehead atoms. The molecule has 0 N–H and O–H groups in total. The van der Waals surface area contributed by atoms with E-state index in [0.717, 1.165) is 76.6 Å². The van der Waals surface area contributed by atoms with Crippen molar-refractivity contribution in [3.8, 4) is 28.3 Å². The van der Waals surface area contributed by atoms with Crippen LogP contribution in [0.3, 0.4) is 0 Å². The van der Waals surface area contributed by atoms with Crippen molar-refractivity contribution in [2.45, 2.75) is 0 Å². The molecule has 6 aromatic carbocycles. The zero-order valence-corrected chi connectivity index (χ0v) is 38.2. The molecular weight excluding hydrogens is 1150 g/mol. The predicted octanol–water partition coefficient (Wildman–Crippen LogP) is 12.5. The van der Waals surface area contributed by atoms with Crippen LogP contribution in [0.2, 0.25) is 0 Å². The molecule has 0 amide bonds. The number of benzene rings is 6. The van der Waals surface area contributed by atoms with E-state index in [0.29, 0.717) is 22.8 Å². The summed E-state index contributed by atoms with van der Waals surface area (Å²) in [5, 5.41) is 15.3. The van der Waals surface area contributed by atoms with Crippen LogP contribution in [0.1, 0.15) is 5.69 Å². The summed E-state index contributed by atoms with van der Waals surface area (Å²) in [6.45, 7) is 6.89. The van der Waals surface area contributed by atoms with E-state index in [1.165, 1.54) is 0 Å². The molecule has 0 unspecified atom stereocenters. The molecule has 0 aliphatic heterocycles. The van der Waals surface area contributed by atoms with Gasteiger partial charge in [0.25, 0.3) is 0 Å². The molecule has 64 heavy (non-hydrogen) atoms. The second kappa shape index (κ2) is 21.0. The number of rotatable bonds is 2. The van der Waals surface area contributed by atoms with Gasteiger partial charge in [-0.1, -0.05) is 139 Å². The first-order valence-electron chi connectivity index (χ1n) is 19.7. The zero-order valence-electron chi connectivity index (χ0n) is 33.7. The molecule has 0 saturated heterocycles. The number of nitrogens with zero attached hydrogens (tertiary/aromatic N) is 8. The van der Waals surface area contributed by atoms with Crippen molar-refractivity contribution in [1.29, 1.82) is 5.26 Å². The van der Waals surface area contributed by atoms with Crippen LogP contribution in [0.25, 0.3) is 92.8 Å². The third kappa shape index (κ3) is 9.71. The Morgan fingerprint density at radius 3 is 1.47 bits per heavy atom. The molecule has 12 rings (SSSR count). The van der Waals surface area contributed by atoms with Gasteiger partial charge in [0.1, 0.15) is 0 Å².